The highest BCUT2D eigenvalue weighted by Gasteiger charge is 2.38. The van der Waals surface area contributed by atoms with Crippen molar-refractivity contribution in [3.8, 4) is 0 Å². The highest BCUT2D eigenvalue weighted by molar-refractivity contribution is 7.73. The fourth-order valence-electron chi connectivity index (χ4n) is 1.66. The standard InChI is InChI=1S/C11H18N2O6S/c1-11(2,3)19-10(15)13-6-5-12-7(9(14)18-4)8(13)20(16)17/h7,12H,5-6H2,1-4H3/t7-/m0/s1. The number of ether oxygens (including phenoxy) is 2. The molecular formula is C11H18N2O6S. The number of carbonyl (C=O) groups is 2. The van der Waals surface area contributed by atoms with Crippen LogP contribution >= 0.6 is 0 Å². The van der Waals surface area contributed by atoms with Crippen molar-refractivity contribution < 1.29 is 27.5 Å². The monoisotopic (exact) mass is 306 g/mol. The van der Waals surface area contributed by atoms with Gasteiger partial charge >= 0.3 is 12.1 Å². The predicted octanol–water partition coefficient (Wildman–Crippen LogP) is -0.623. The van der Waals surface area contributed by atoms with Crippen LogP contribution in [0.2, 0.25) is 0 Å². The Bertz CT molecular complexity index is 526. The van der Waals surface area contributed by atoms with E-state index in [1.807, 2.05) is 0 Å². The van der Waals surface area contributed by atoms with Gasteiger partial charge in [-0.2, -0.15) is 8.42 Å². The number of hydrogen-bond donors (Lipinski definition) is 1. The number of methoxy groups -OCH3 is 1. The van der Waals surface area contributed by atoms with Crippen LogP contribution in [0.25, 0.3) is 0 Å². The first-order chi connectivity index (χ1) is 9.17. The Morgan fingerprint density at radius 2 is 1.95 bits per heavy atom. The van der Waals surface area contributed by atoms with Gasteiger partial charge in [-0.15, -0.1) is 0 Å². The summed E-state index contributed by atoms with van der Waals surface area (Å²) in [7, 11) is -1.61. The van der Waals surface area contributed by atoms with Crippen molar-refractivity contribution >= 4 is 27.3 Å². The van der Waals surface area contributed by atoms with Crippen LogP contribution in [0.1, 0.15) is 20.8 Å². The molecule has 8 nitrogen and oxygen atoms in total. The molecule has 1 atom stereocenters. The van der Waals surface area contributed by atoms with Gasteiger partial charge in [0.1, 0.15) is 5.60 Å². The molecule has 0 aromatic rings. The van der Waals surface area contributed by atoms with E-state index in [2.05, 4.69) is 10.1 Å². The molecule has 1 amide bonds. The highest BCUT2D eigenvalue weighted by Crippen LogP contribution is 2.13. The number of esters is 1. The van der Waals surface area contributed by atoms with Gasteiger partial charge in [0.15, 0.2) is 11.0 Å². The first-order valence-electron chi connectivity index (χ1n) is 5.95. The highest BCUT2D eigenvalue weighted by atomic mass is 32.2. The maximum absolute atomic E-state index is 12.0. The van der Waals surface area contributed by atoms with Crippen LogP contribution in [0.15, 0.2) is 0 Å². The van der Waals surface area contributed by atoms with Crippen LogP contribution in [0, 0.1) is 0 Å². The number of nitrogens with one attached hydrogen (secondary N) is 1. The van der Waals surface area contributed by atoms with Crippen molar-refractivity contribution in [3.63, 3.8) is 0 Å². The SMILES string of the molecule is COC(=O)[C@H]1NCCN(C(=O)OC(C)(C)C)C1=S(=O)=O. The van der Waals surface area contributed by atoms with Crippen LogP contribution in [0.3, 0.4) is 0 Å². The molecule has 0 spiro atoms. The second kappa shape index (κ2) is 6.23. The van der Waals surface area contributed by atoms with E-state index in [1.165, 1.54) is 0 Å². The van der Waals surface area contributed by atoms with Crippen LogP contribution in [-0.4, -0.2) is 62.2 Å². The molecule has 1 heterocycles. The molecule has 0 saturated carbocycles. The minimum absolute atomic E-state index is 0.0890. The molecule has 0 bridgehead atoms. The Kier molecular flexibility index (Phi) is 5.12. The van der Waals surface area contributed by atoms with E-state index < -0.39 is 39.0 Å². The van der Waals surface area contributed by atoms with Crippen molar-refractivity contribution in [1.29, 1.82) is 0 Å². The van der Waals surface area contributed by atoms with Crippen molar-refractivity contribution in [1.82, 2.24) is 10.2 Å². The Labute approximate surface area is 118 Å². The summed E-state index contributed by atoms with van der Waals surface area (Å²) in [6.07, 6.45) is -0.813. The van der Waals surface area contributed by atoms with Crippen molar-refractivity contribution in [3.05, 3.63) is 0 Å². The largest absolute Gasteiger partial charge is 0.468 e. The first kappa shape index (κ1) is 16.4. The fraction of sp³-hybridized carbons (Fsp3) is 0.727. The zero-order chi connectivity index (χ0) is 15.5. The van der Waals surface area contributed by atoms with Gasteiger partial charge in [-0.25, -0.2) is 9.59 Å². The van der Waals surface area contributed by atoms with Gasteiger partial charge in [-0.3, -0.25) is 10.2 Å². The molecule has 9 heteroatoms. The molecule has 1 aliphatic rings. The van der Waals surface area contributed by atoms with E-state index in [0.29, 0.717) is 0 Å². The predicted molar refractivity (Wildman–Crippen MR) is 70.7 cm³/mol. The Balaban J connectivity index is 3.10. The summed E-state index contributed by atoms with van der Waals surface area (Å²) >= 11 is 0. The third-order valence-corrected chi connectivity index (χ3v) is 3.22. The van der Waals surface area contributed by atoms with E-state index in [0.717, 1.165) is 12.0 Å². The minimum Gasteiger partial charge on any atom is -0.468 e. The third-order valence-electron chi connectivity index (χ3n) is 2.42. The average molecular weight is 306 g/mol. The van der Waals surface area contributed by atoms with Crippen LogP contribution in [0.5, 0.6) is 0 Å². The third kappa shape index (κ3) is 3.94. The summed E-state index contributed by atoms with van der Waals surface area (Å²) < 4.78 is 32.3. The molecule has 1 rings (SSSR count). The fourth-order valence-corrected chi connectivity index (χ4v) is 2.38. The molecule has 20 heavy (non-hydrogen) atoms. The van der Waals surface area contributed by atoms with Gasteiger partial charge in [-0.05, 0) is 20.8 Å². The zero-order valence-electron chi connectivity index (χ0n) is 11.8. The Morgan fingerprint density at radius 3 is 2.40 bits per heavy atom. The minimum atomic E-state index is -2.75. The molecule has 1 N–H and O–H groups in total. The van der Waals surface area contributed by atoms with E-state index >= 15 is 0 Å². The van der Waals surface area contributed by atoms with Gasteiger partial charge in [-0.1, -0.05) is 0 Å². The van der Waals surface area contributed by atoms with Gasteiger partial charge < -0.3 is 9.47 Å². The lowest BCUT2D eigenvalue weighted by Gasteiger charge is -2.33. The van der Waals surface area contributed by atoms with Gasteiger partial charge in [0.25, 0.3) is 0 Å². The molecular weight excluding hydrogens is 288 g/mol. The second-order valence-corrected chi connectivity index (χ2v) is 6.00. The first-order valence-corrected chi connectivity index (χ1v) is 7.02. The average Bonchev–Trinajstić information content (AvgIpc) is 2.34. The summed E-state index contributed by atoms with van der Waals surface area (Å²) in [5.41, 5.74) is -0.766. The van der Waals surface area contributed by atoms with Crippen molar-refractivity contribution in [2.45, 2.75) is 32.4 Å². The summed E-state index contributed by atoms with van der Waals surface area (Å²) in [6, 6.07) is -1.21. The molecule has 1 aliphatic heterocycles. The van der Waals surface area contributed by atoms with Crippen LogP contribution in [-0.2, 0) is 24.6 Å². The van der Waals surface area contributed by atoms with E-state index in [4.69, 9.17) is 4.74 Å². The number of amides is 1. The summed E-state index contributed by atoms with van der Waals surface area (Å²) in [4.78, 5) is 24.1. The molecule has 0 aromatic heterocycles. The number of nitrogens with zero attached hydrogens (tertiary/aromatic N) is 1. The van der Waals surface area contributed by atoms with Gasteiger partial charge in [0.2, 0.25) is 10.3 Å². The maximum atomic E-state index is 12.0. The van der Waals surface area contributed by atoms with E-state index in [1.54, 1.807) is 20.8 Å². The Morgan fingerprint density at radius 1 is 1.35 bits per heavy atom. The summed E-state index contributed by atoms with van der Waals surface area (Å²) in [6.45, 7) is 5.33. The number of carbonyl (C=O) groups excluding carboxylic acids is 2. The van der Waals surface area contributed by atoms with Gasteiger partial charge in [0, 0.05) is 13.1 Å². The second-order valence-electron chi connectivity index (χ2n) is 5.12. The molecule has 0 aliphatic carbocycles. The number of hydrogen-bond acceptors (Lipinski definition) is 7. The van der Waals surface area contributed by atoms with Gasteiger partial charge in [0.05, 0.1) is 7.11 Å². The number of rotatable bonds is 1. The Hall–Kier alpha value is -1.61. The lowest BCUT2D eigenvalue weighted by molar-refractivity contribution is -0.141. The molecule has 0 unspecified atom stereocenters. The molecule has 0 radical (unpaired) electrons. The van der Waals surface area contributed by atoms with E-state index in [-0.39, 0.29) is 13.1 Å². The summed E-state index contributed by atoms with van der Waals surface area (Å²) in [5, 5.41) is 2.69. The van der Waals surface area contributed by atoms with Crippen LogP contribution in [0.4, 0.5) is 4.79 Å². The smallest absolute Gasteiger partial charge is 0.415 e. The number of piperazine rings is 1. The summed E-state index contributed by atoms with van der Waals surface area (Å²) in [5.74, 6) is -0.780. The normalized spacial score (nSPS) is 19.5. The molecule has 1 saturated heterocycles. The molecule has 0 aromatic carbocycles. The van der Waals surface area contributed by atoms with E-state index in [9.17, 15) is 18.0 Å². The van der Waals surface area contributed by atoms with Crippen molar-refractivity contribution in [2.75, 3.05) is 20.2 Å². The lowest BCUT2D eigenvalue weighted by Crippen LogP contribution is -2.61. The quantitative estimate of drug-likeness (QED) is 0.508. The van der Waals surface area contributed by atoms with Crippen LogP contribution < -0.4 is 5.32 Å². The zero-order valence-corrected chi connectivity index (χ0v) is 12.6. The van der Waals surface area contributed by atoms with Crippen molar-refractivity contribution in [2.24, 2.45) is 0 Å². The molecule has 1 fully saturated rings. The molecule has 114 valence electrons. The maximum Gasteiger partial charge on any atom is 0.415 e. The topological polar surface area (TPSA) is 102 Å². The lowest BCUT2D eigenvalue weighted by atomic mass is 10.2.